The number of methoxy groups -OCH3 is 2. The molecule has 0 aliphatic heterocycles. The lowest BCUT2D eigenvalue weighted by Gasteiger charge is -2.12. The van der Waals surface area contributed by atoms with Crippen LogP contribution in [0.25, 0.3) is 0 Å². The minimum absolute atomic E-state index is 0.127. The van der Waals surface area contributed by atoms with E-state index in [0.29, 0.717) is 17.2 Å². The van der Waals surface area contributed by atoms with Gasteiger partial charge in [-0.05, 0) is 30.2 Å². The molecular weight excluding hydrogens is 322 g/mol. The normalized spacial score (nSPS) is 10.0. The minimum atomic E-state index is -0.456. The van der Waals surface area contributed by atoms with Gasteiger partial charge in [0.05, 0.1) is 26.3 Å². The average molecular weight is 343 g/mol. The average Bonchev–Trinajstić information content (AvgIpc) is 2.62. The molecule has 0 saturated carbocycles. The van der Waals surface area contributed by atoms with E-state index in [1.165, 1.54) is 14.2 Å². The van der Waals surface area contributed by atoms with Gasteiger partial charge in [-0.25, -0.2) is 0 Å². The van der Waals surface area contributed by atoms with Gasteiger partial charge in [-0.3, -0.25) is 9.59 Å². The van der Waals surface area contributed by atoms with Gasteiger partial charge in [-0.15, -0.1) is 0 Å². The van der Waals surface area contributed by atoms with Gasteiger partial charge in [0, 0.05) is 6.07 Å². The third-order valence-corrected chi connectivity index (χ3v) is 3.64. The Balaban J connectivity index is 1.90. The van der Waals surface area contributed by atoms with Gasteiger partial charge in [-0.2, -0.15) is 0 Å². The summed E-state index contributed by atoms with van der Waals surface area (Å²) in [7, 11) is 3.03. The van der Waals surface area contributed by atoms with Crippen LogP contribution in [0.15, 0.2) is 42.5 Å². The van der Waals surface area contributed by atoms with Crippen LogP contribution in [0.1, 0.15) is 11.1 Å². The Kier molecular flexibility index (Phi) is 6.39. The zero-order valence-electron chi connectivity index (χ0n) is 14.5. The quantitative estimate of drug-likeness (QED) is 0.783. The molecule has 0 aromatic heterocycles. The maximum Gasteiger partial charge on any atom is 0.310 e. The second-order valence-corrected chi connectivity index (χ2v) is 5.38. The highest BCUT2D eigenvalue weighted by molar-refractivity contribution is 5.94. The summed E-state index contributed by atoms with van der Waals surface area (Å²) in [6.07, 6.45) is 0.127. The number of nitrogens with one attached hydrogen (secondary N) is 1. The fourth-order valence-electron chi connectivity index (χ4n) is 2.26. The minimum Gasteiger partial charge on any atom is -0.497 e. The van der Waals surface area contributed by atoms with E-state index in [9.17, 15) is 9.59 Å². The number of aryl methyl sites for hydroxylation is 1. The standard InChI is InChI=1S/C19H21NO5/c1-13-6-4-5-7-14(13)10-19(22)25-12-18(21)20-16-11-15(23-2)8-9-17(16)24-3/h4-9,11H,10,12H2,1-3H3,(H,20,21). The van der Waals surface area contributed by atoms with Crippen molar-refractivity contribution in [2.24, 2.45) is 0 Å². The van der Waals surface area contributed by atoms with Crippen molar-refractivity contribution in [3.8, 4) is 11.5 Å². The van der Waals surface area contributed by atoms with E-state index < -0.39 is 11.9 Å². The number of rotatable bonds is 7. The first-order chi connectivity index (χ1) is 12.0. The Labute approximate surface area is 146 Å². The van der Waals surface area contributed by atoms with Gasteiger partial charge in [0.1, 0.15) is 11.5 Å². The first-order valence-corrected chi connectivity index (χ1v) is 7.75. The van der Waals surface area contributed by atoms with Crippen LogP contribution in [0, 0.1) is 6.92 Å². The first-order valence-electron chi connectivity index (χ1n) is 7.75. The van der Waals surface area contributed by atoms with E-state index in [-0.39, 0.29) is 13.0 Å². The zero-order valence-corrected chi connectivity index (χ0v) is 14.5. The molecule has 0 unspecified atom stereocenters. The van der Waals surface area contributed by atoms with Crippen molar-refractivity contribution in [1.29, 1.82) is 0 Å². The van der Waals surface area contributed by atoms with E-state index in [4.69, 9.17) is 14.2 Å². The molecule has 0 spiro atoms. The molecule has 0 aliphatic rings. The Morgan fingerprint density at radius 2 is 1.80 bits per heavy atom. The summed E-state index contributed by atoms with van der Waals surface area (Å²) in [6, 6.07) is 12.6. The summed E-state index contributed by atoms with van der Waals surface area (Å²) in [6.45, 7) is 1.55. The molecule has 2 aromatic carbocycles. The molecule has 0 fully saturated rings. The molecule has 0 atom stereocenters. The highest BCUT2D eigenvalue weighted by atomic mass is 16.5. The van der Waals surface area contributed by atoms with Crippen molar-refractivity contribution in [1.82, 2.24) is 0 Å². The molecule has 1 amide bonds. The van der Waals surface area contributed by atoms with Crippen molar-refractivity contribution in [3.05, 3.63) is 53.6 Å². The van der Waals surface area contributed by atoms with Gasteiger partial charge < -0.3 is 19.5 Å². The Bertz CT molecular complexity index is 757. The van der Waals surface area contributed by atoms with Gasteiger partial charge >= 0.3 is 5.97 Å². The Hall–Kier alpha value is -3.02. The Morgan fingerprint density at radius 3 is 2.48 bits per heavy atom. The predicted molar refractivity (Wildman–Crippen MR) is 94.0 cm³/mol. The number of hydrogen-bond donors (Lipinski definition) is 1. The first kappa shape index (κ1) is 18.3. The molecule has 0 bridgehead atoms. The van der Waals surface area contributed by atoms with E-state index in [1.54, 1.807) is 18.2 Å². The van der Waals surface area contributed by atoms with E-state index in [2.05, 4.69) is 5.32 Å². The van der Waals surface area contributed by atoms with Crippen LogP contribution in [-0.2, 0) is 20.7 Å². The summed E-state index contributed by atoms with van der Waals surface area (Å²) < 4.78 is 15.3. The number of anilines is 1. The predicted octanol–water partition coefficient (Wildman–Crippen LogP) is 2.74. The second-order valence-electron chi connectivity index (χ2n) is 5.38. The maximum atomic E-state index is 12.0. The Morgan fingerprint density at radius 1 is 1.04 bits per heavy atom. The summed E-state index contributed by atoms with van der Waals surface area (Å²) in [4.78, 5) is 23.9. The highest BCUT2D eigenvalue weighted by Gasteiger charge is 2.12. The molecule has 0 radical (unpaired) electrons. The fourth-order valence-corrected chi connectivity index (χ4v) is 2.26. The molecular formula is C19H21NO5. The number of carbonyl (C=O) groups is 2. The second kappa shape index (κ2) is 8.73. The number of hydrogen-bond acceptors (Lipinski definition) is 5. The summed E-state index contributed by atoms with van der Waals surface area (Å²) >= 11 is 0. The number of carbonyl (C=O) groups excluding carboxylic acids is 2. The lowest BCUT2D eigenvalue weighted by molar-refractivity contribution is -0.146. The molecule has 6 heteroatoms. The van der Waals surface area contributed by atoms with Crippen LogP contribution in [0.2, 0.25) is 0 Å². The van der Waals surface area contributed by atoms with E-state index >= 15 is 0 Å². The van der Waals surface area contributed by atoms with Crippen LogP contribution >= 0.6 is 0 Å². The number of esters is 1. The molecule has 0 aliphatic carbocycles. The lowest BCUT2D eigenvalue weighted by Crippen LogP contribution is -2.22. The van der Waals surface area contributed by atoms with Crippen LogP contribution in [0.4, 0.5) is 5.69 Å². The maximum absolute atomic E-state index is 12.0. The molecule has 2 rings (SSSR count). The van der Waals surface area contributed by atoms with Crippen molar-refractivity contribution in [2.45, 2.75) is 13.3 Å². The largest absolute Gasteiger partial charge is 0.497 e. The zero-order chi connectivity index (χ0) is 18.2. The highest BCUT2D eigenvalue weighted by Crippen LogP contribution is 2.28. The van der Waals surface area contributed by atoms with Crippen molar-refractivity contribution >= 4 is 17.6 Å². The molecule has 6 nitrogen and oxygen atoms in total. The van der Waals surface area contributed by atoms with Crippen molar-refractivity contribution in [3.63, 3.8) is 0 Å². The number of amides is 1. The summed E-state index contributed by atoms with van der Waals surface area (Å²) in [5.74, 6) is 0.153. The lowest BCUT2D eigenvalue weighted by atomic mass is 10.1. The molecule has 0 heterocycles. The molecule has 1 N–H and O–H groups in total. The van der Waals surface area contributed by atoms with Crippen molar-refractivity contribution in [2.75, 3.05) is 26.1 Å². The van der Waals surface area contributed by atoms with Gasteiger partial charge in [-0.1, -0.05) is 24.3 Å². The van der Waals surface area contributed by atoms with E-state index in [1.807, 2.05) is 31.2 Å². The van der Waals surface area contributed by atoms with Gasteiger partial charge in [0.15, 0.2) is 6.61 Å². The van der Waals surface area contributed by atoms with Gasteiger partial charge in [0.2, 0.25) is 0 Å². The summed E-state index contributed by atoms with van der Waals surface area (Å²) in [5.41, 5.74) is 2.33. The topological polar surface area (TPSA) is 73.9 Å². The third-order valence-electron chi connectivity index (χ3n) is 3.64. The van der Waals surface area contributed by atoms with Crippen LogP contribution in [0.5, 0.6) is 11.5 Å². The smallest absolute Gasteiger partial charge is 0.310 e. The van der Waals surface area contributed by atoms with Gasteiger partial charge in [0.25, 0.3) is 5.91 Å². The van der Waals surface area contributed by atoms with Crippen LogP contribution in [-0.4, -0.2) is 32.7 Å². The van der Waals surface area contributed by atoms with Crippen LogP contribution in [0.3, 0.4) is 0 Å². The fraction of sp³-hybridized carbons (Fsp3) is 0.263. The van der Waals surface area contributed by atoms with Crippen molar-refractivity contribution < 1.29 is 23.8 Å². The van der Waals surface area contributed by atoms with E-state index in [0.717, 1.165) is 11.1 Å². The molecule has 132 valence electrons. The monoisotopic (exact) mass is 343 g/mol. The third kappa shape index (κ3) is 5.24. The molecule has 0 saturated heterocycles. The SMILES string of the molecule is COc1ccc(OC)c(NC(=O)COC(=O)Cc2ccccc2C)c1. The molecule has 2 aromatic rings. The molecule has 25 heavy (non-hydrogen) atoms. The van der Waals surface area contributed by atoms with Crippen LogP contribution < -0.4 is 14.8 Å². The number of benzene rings is 2. The number of ether oxygens (including phenoxy) is 3. The summed E-state index contributed by atoms with van der Waals surface area (Å²) in [5, 5.41) is 2.65.